The fourth-order valence-corrected chi connectivity index (χ4v) is 4.84. The Labute approximate surface area is 172 Å². The maximum atomic E-state index is 12.8. The highest BCUT2D eigenvalue weighted by molar-refractivity contribution is 9.10. The van der Waals surface area contributed by atoms with Crippen LogP contribution in [0.2, 0.25) is 0 Å². The Morgan fingerprint density at radius 3 is 2.32 bits per heavy atom. The molecular formula is C18H21BrN4O4S. The number of piperazine rings is 1. The minimum absolute atomic E-state index is 0.0297. The number of nitrogens with one attached hydrogen (secondary N) is 1. The van der Waals surface area contributed by atoms with Gasteiger partial charge in [-0.25, -0.2) is 8.42 Å². The van der Waals surface area contributed by atoms with Crippen LogP contribution in [0.25, 0.3) is 0 Å². The van der Waals surface area contributed by atoms with Gasteiger partial charge in [-0.2, -0.15) is 4.31 Å². The maximum Gasteiger partial charge on any atom is 0.292 e. The van der Waals surface area contributed by atoms with Gasteiger partial charge in [0, 0.05) is 49.0 Å². The smallest absolute Gasteiger partial charge is 0.292 e. The van der Waals surface area contributed by atoms with Crippen LogP contribution in [-0.2, 0) is 10.0 Å². The minimum Gasteiger partial charge on any atom is -0.380 e. The summed E-state index contributed by atoms with van der Waals surface area (Å²) in [5.74, 6) is 0. The second-order valence-electron chi connectivity index (χ2n) is 6.33. The van der Waals surface area contributed by atoms with Crippen LogP contribution in [-0.4, -0.2) is 50.4 Å². The van der Waals surface area contributed by atoms with Crippen molar-refractivity contribution in [2.45, 2.75) is 11.8 Å². The van der Waals surface area contributed by atoms with Crippen LogP contribution < -0.4 is 10.2 Å². The number of nitrogens with zero attached hydrogens (tertiary/aromatic N) is 3. The summed E-state index contributed by atoms with van der Waals surface area (Å²) in [7, 11) is -3.53. The number of hydrogen-bond acceptors (Lipinski definition) is 6. The van der Waals surface area contributed by atoms with Crippen molar-refractivity contribution in [3.8, 4) is 0 Å². The van der Waals surface area contributed by atoms with Crippen LogP contribution >= 0.6 is 15.9 Å². The number of hydrogen-bond donors (Lipinski definition) is 1. The molecule has 1 aliphatic rings. The van der Waals surface area contributed by atoms with Gasteiger partial charge in [-0.05, 0) is 43.3 Å². The van der Waals surface area contributed by atoms with E-state index in [0.717, 1.165) is 10.2 Å². The molecule has 0 aliphatic carbocycles. The molecule has 0 radical (unpaired) electrons. The molecular weight excluding hydrogens is 448 g/mol. The van der Waals surface area contributed by atoms with E-state index < -0.39 is 14.9 Å². The van der Waals surface area contributed by atoms with Crippen molar-refractivity contribution in [1.82, 2.24) is 4.31 Å². The van der Waals surface area contributed by atoms with Gasteiger partial charge < -0.3 is 10.2 Å². The molecule has 1 fully saturated rings. The zero-order valence-corrected chi connectivity index (χ0v) is 17.7. The van der Waals surface area contributed by atoms with Crippen LogP contribution in [0, 0.1) is 10.1 Å². The third kappa shape index (κ3) is 4.29. The molecule has 1 N–H and O–H groups in total. The van der Waals surface area contributed by atoms with E-state index >= 15 is 0 Å². The zero-order valence-electron chi connectivity index (χ0n) is 15.3. The van der Waals surface area contributed by atoms with Crippen molar-refractivity contribution in [3.63, 3.8) is 0 Å². The van der Waals surface area contributed by atoms with Gasteiger partial charge in [-0.15, -0.1) is 0 Å². The molecule has 0 spiro atoms. The number of halogens is 1. The lowest BCUT2D eigenvalue weighted by Crippen LogP contribution is -2.48. The Hall–Kier alpha value is -2.17. The van der Waals surface area contributed by atoms with Crippen LogP contribution in [0.3, 0.4) is 0 Å². The van der Waals surface area contributed by atoms with Gasteiger partial charge in [-0.1, -0.05) is 15.9 Å². The lowest BCUT2D eigenvalue weighted by molar-refractivity contribution is -0.383. The van der Waals surface area contributed by atoms with Gasteiger partial charge in [-0.3, -0.25) is 10.1 Å². The van der Waals surface area contributed by atoms with E-state index in [9.17, 15) is 18.5 Å². The Morgan fingerprint density at radius 2 is 1.75 bits per heavy atom. The summed E-state index contributed by atoms with van der Waals surface area (Å²) in [6.07, 6.45) is 0. The first-order valence-electron chi connectivity index (χ1n) is 8.86. The summed E-state index contributed by atoms with van der Waals surface area (Å²) < 4.78 is 27.9. The molecule has 2 aromatic rings. The predicted octanol–water partition coefficient (Wildman–Crippen LogP) is 3.30. The molecule has 2 aromatic carbocycles. The van der Waals surface area contributed by atoms with Crippen molar-refractivity contribution in [2.75, 3.05) is 42.9 Å². The average molecular weight is 469 g/mol. The molecule has 1 saturated heterocycles. The molecule has 8 nitrogen and oxygen atoms in total. The van der Waals surface area contributed by atoms with Crippen molar-refractivity contribution >= 4 is 43.0 Å². The molecule has 0 saturated carbocycles. The van der Waals surface area contributed by atoms with Crippen LogP contribution in [0.5, 0.6) is 0 Å². The van der Waals surface area contributed by atoms with E-state index in [4.69, 9.17) is 0 Å². The molecule has 0 atom stereocenters. The largest absolute Gasteiger partial charge is 0.380 e. The Kier molecular flexibility index (Phi) is 6.21. The summed E-state index contributed by atoms with van der Waals surface area (Å²) in [5, 5.41) is 14.2. The third-order valence-corrected chi connectivity index (χ3v) is 7.04. The number of benzene rings is 2. The van der Waals surface area contributed by atoms with E-state index in [1.165, 1.54) is 10.4 Å². The highest BCUT2D eigenvalue weighted by Gasteiger charge is 2.29. The van der Waals surface area contributed by atoms with Crippen molar-refractivity contribution in [3.05, 3.63) is 57.1 Å². The molecule has 0 unspecified atom stereocenters. The zero-order chi connectivity index (χ0) is 20.3. The Morgan fingerprint density at radius 1 is 1.11 bits per heavy atom. The first-order chi connectivity index (χ1) is 13.3. The normalized spacial score (nSPS) is 15.4. The summed E-state index contributed by atoms with van der Waals surface area (Å²) in [6, 6.07) is 11.5. The number of rotatable bonds is 6. The topological polar surface area (TPSA) is 95.8 Å². The third-order valence-electron chi connectivity index (χ3n) is 4.60. The van der Waals surface area contributed by atoms with Gasteiger partial charge in [0.25, 0.3) is 5.69 Å². The van der Waals surface area contributed by atoms with Gasteiger partial charge in [0.1, 0.15) is 5.69 Å². The van der Waals surface area contributed by atoms with Crippen LogP contribution in [0.15, 0.2) is 51.8 Å². The monoisotopic (exact) mass is 468 g/mol. The number of sulfonamides is 1. The standard InChI is InChI=1S/C18H21BrN4O4S/c1-2-20-17-13-15(5-8-18(17)23(24)25)21-9-11-22(12-10-21)28(26,27)16-6-3-14(19)4-7-16/h3-8,13,20H,2,9-12H2,1H3. The molecule has 0 amide bonds. The number of nitro benzene ring substituents is 1. The van der Waals surface area contributed by atoms with Crippen LogP contribution in [0.4, 0.5) is 17.1 Å². The average Bonchev–Trinajstić information content (AvgIpc) is 2.68. The molecule has 0 aromatic heterocycles. The van der Waals surface area contributed by atoms with Gasteiger partial charge in [0.05, 0.1) is 9.82 Å². The molecule has 0 bridgehead atoms. The summed E-state index contributed by atoms with van der Waals surface area (Å²) in [5.41, 5.74) is 1.33. The fraction of sp³-hybridized carbons (Fsp3) is 0.333. The van der Waals surface area contributed by atoms with Crippen molar-refractivity contribution in [1.29, 1.82) is 0 Å². The quantitative estimate of drug-likeness (QED) is 0.515. The summed E-state index contributed by atoms with van der Waals surface area (Å²) in [4.78, 5) is 13.1. The number of nitro groups is 1. The lowest BCUT2D eigenvalue weighted by atomic mass is 10.2. The Bertz CT molecular complexity index is 958. The highest BCUT2D eigenvalue weighted by Crippen LogP contribution is 2.30. The molecule has 1 aliphatic heterocycles. The first-order valence-corrected chi connectivity index (χ1v) is 11.1. The SMILES string of the molecule is CCNc1cc(N2CCN(S(=O)(=O)c3ccc(Br)cc3)CC2)ccc1[N+](=O)[O-]. The summed E-state index contributed by atoms with van der Waals surface area (Å²) in [6.45, 7) is 4.18. The predicted molar refractivity (Wildman–Crippen MR) is 112 cm³/mol. The molecule has 3 rings (SSSR count). The Balaban J connectivity index is 1.74. The van der Waals surface area contributed by atoms with Gasteiger partial charge in [0.15, 0.2) is 0 Å². The minimum atomic E-state index is -3.53. The van der Waals surface area contributed by atoms with E-state index in [0.29, 0.717) is 38.4 Å². The van der Waals surface area contributed by atoms with E-state index in [1.54, 1.807) is 36.4 Å². The van der Waals surface area contributed by atoms with Crippen molar-refractivity contribution in [2.24, 2.45) is 0 Å². The second-order valence-corrected chi connectivity index (χ2v) is 9.19. The molecule has 1 heterocycles. The van der Waals surface area contributed by atoms with Crippen molar-refractivity contribution < 1.29 is 13.3 Å². The van der Waals surface area contributed by atoms with Crippen LogP contribution in [0.1, 0.15) is 6.92 Å². The van der Waals surface area contributed by atoms with E-state index in [1.807, 2.05) is 11.8 Å². The highest BCUT2D eigenvalue weighted by atomic mass is 79.9. The van der Waals surface area contributed by atoms with E-state index in [-0.39, 0.29) is 10.6 Å². The van der Waals surface area contributed by atoms with Gasteiger partial charge in [0.2, 0.25) is 10.0 Å². The lowest BCUT2D eigenvalue weighted by Gasteiger charge is -2.35. The first kappa shape index (κ1) is 20.6. The molecule has 10 heteroatoms. The number of anilines is 2. The summed E-state index contributed by atoms with van der Waals surface area (Å²) >= 11 is 3.31. The molecule has 28 heavy (non-hydrogen) atoms. The fourth-order valence-electron chi connectivity index (χ4n) is 3.15. The molecule has 150 valence electrons. The second kappa shape index (κ2) is 8.46. The van der Waals surface area contributed by atoms with E-state index in [2.05, 4.69) is 21.2 Å². The maximum absolute atomic E-state index is 12.8. The van der Waals surface area contributed by atoms with Gasteiger partial charge >= 0.3 is 0 Å².